The number of nitrogens with two attached hydrogens (primary N) is 1. The summed E-state index contributed by atoms with van der Waals surface area (Å²) in [4.78, 5) is 12.0. The highest BCUT2D eigenvalue weighted by Gasteiger charge is 2.15. The summed E-state index contributed by atoms with van der Waals surface area (Å²) >= 11 is 6.54. The van der Waals surface area contributed by atoms with Gasteiger partial charge in [0.15, 0.2) is 11.6 Å². The topological polar surface area (TPSA) is 67.1 Å². The molecule has 2 aromatic rings. The number of nitrogen functional groups attached to an aromatic ring is 1. The van der Waals surface area contributed by atoms with Crippen LogP contribution in [0.25, 0.3) is 0 Å². The molecule has 0 saturated heterocycles. The van der Waals surface area contributed by atoms with E-state index in [-0.39, 0.29) is 5.56 Å². The van der Waals surface area contributed by atoms with Gasteiger partial charge in [0.05, 0.1) is 5.69 Å². The highest BCUT2D eigenvalue weighted by Crippen LogP contribution is 2.27. The first-order chi connectivity index (χ1) is 9.92. The summed E-state index contributed by atoms with van der Waals surface area (Å²) in [6.45, 7) is 0. The van der Waals surface area contributed by atoms with Gasteiger partial charge in [0, 0.05) is 14.5 Å². The van der Waals surface area contributed by atoms with Crippen LogP contribution >= 0.6 is 31.9 Å². The predicted molar refractivity (Wildman–Crippen MR) is 84.0 cm³/mol. The minimum atomic E-state index is -0.948. The summed E-state index contributed by atoms with van der Waals surface area (Å²) in [5, 5.41) is 2.56. The Morgan fingerprint density at radius 3 is 2.29 bits per heavy atom. The van der Waals surface area contributed by atoms with Crippen molar-refractivity contribution in [3.8, 4) is 0 Å². The molecular formula is C13H9Br2F2N3O. The van der Waals surface area contributed by atoms with Gasteiger partial charge >= 0.3 is 0 Å². The summed E-state index contributed by atoms with van der Waals surface area (Å²) in [7, 11) is 0. The number of carbonyl (C=O) groups is 1. The Hall–Kier alpha value is -1.51. The fourth-order valence-electron chi connectivity index (χ4n) is 1.63. The Labute approximate surface area is 135 Å². The third kappa shape index (κ3) is 3.58. The fourth-order valence-corrected chi connectivity index (χ4v) is 2.34. The van der Waals surface area contributed by atoms with Gasteiger partial charge in [-0.05, 0) is 46.3 Å². The van der Waals surface area contributed by atoms with Crippen LogP contribution in [0.4, 0.5) is 20.2 Å². The number of benzene rings is 2. The standard InChI is InChI=1S/C13H9Br2F2N3O/c14-7-1-2-8(15)11(5-7)19-13(21)6-3-9(16)12(20-18)10(17)4-6/h1-5,20H,18H2,(H,19,21). The summed E-state index contributed by atoms with van der Waals surface area (Å²) in [5.41, 5.74) is 1.72. The second-order valence-electron chi connectivity index (χ2n) is 4.04. The van der Waals surface area contributed by atoms with E-state index in [1.54, 1.807) is 18.2 Å². The molecule has 21 heavy (non-hydrogen) atoms. The van der Waals surface area contributed by atoms with Crippen molar-refractivity contribution in [2.75, 3.05) is 10.7 Å². The molecule has 0 aromatic heterocycles. The van der Waals surface area contributed by atoms with E-state index in [4.69, 9.17) is 5.84 Å². The van der Waals surface area contributed by atoms with E-state index in [0.29, 0.717) is 10.2 Å². The van der Waals surface area contributed by atoms with Crippen molar-refractivity contribution in [2.45, 2.75) is 0 Å². The number of nitrogens with one attached hydrogen (secondary N) is 2. The lowest BCUT2D eigenvalue weighted by Gasteiger charge is -2.10. The lowest BCUT2D eigenvalue weighted by atomic mass is 10.1. The van der Waals surface area contributed by atoms with Gasteiger partial charge in [0.1, 0.15) is 5.69 Å². The van der Waals surface area contributed by atoms with Gasteiger partial charge in [-0.15, -0.1) is 0 Å². The first-order valence-electron chi connectivity index (χ1n) is 5.64. The Balaban J connectivity index is 2.31. The van der Waals surface area contributed by atoms with Crippen LogP contribution in [0, 0.1) is 11.6 Å². The highest BCUT2D eigenvalue weighted by molar-refractivity contribution is 9.11. The van der Waals surface area contributed by atoms with Crippen molar-refractivity contribution in [3.63, 3.8) is 0 Å². The molecule has 0 radical (unpaired) electrons. The SMILES string of the molecule is NNc1c(F)cc(C(=O)Nc2cc(Br)ccc2Br)cc1F. The maximum atomic E-state index is 13.6. The van der Waals surface area contributed by atoms with Gasteiger partial charge in [-0.3, -0.25) is 10.6 Å². The van der Waals surface area contributed by atoms with Crippen LogP contribution in [0.15, 0.2) is 39.3 Å². The molecule has 2 rings (SSSR count). The average Bonchev–Trinajstić information content (AvgIpc) is 2.42. The third-order valence-corrected chi connectivity index (χ3v) is 3.81. The molecule has 0 saturated carbocycles. The Morgan fingerprint density at radius 2 is 1.71 bits per heavy atom. The molecule has 0 aliphatic heterocycles. The number of rotatable bonds is 3. The number of carbonyl (C=O) groups excluding carboxylic acids is 1. The van der Waals surface area contributed by atoms with Crippen molar-refractivity contribution < 1.29 is 13.6 Å². The van der Waals surface area contributed by atoms with Crippen LogP contribution in [0.2, 0.25) is 0 Å². The quantitative estimate of drug-likeness (QED) is 0.518. The van der Waals surface area contributed by atoms with E-state index in [9.17, 15) is 13.6 Å². The zero-order chi connectivity index (χ0) is 15.6. The Bertz CT molecular complexity index is 687. The van der Waals surface area contributed by atoms with Crippen LogP contribution in [0.3, 0.4) is 0 Å². The molecule has 0 unspecified atom stereocenters. The minimum absolute atomic E-state index is 0.157. The van der Waals surface area contributed by atoms with Crippen LogP contribution < -0.4 is 16.6 Å². The van der Waals surface area contributed by atoms with Crippen molar-refractivity contribution >= 4 is 49.1 Å². The summed E-state index contributed by atoms with van der Waals surface area (Å²) < 4.78 is 28.5. The van der Waals surface area contributed by atoms with E-state index < -0.39 is 23.2 Å². The maximum absolute atomic E-state index is 13.6. The number of halogens is 4. The summed E-state index contributed by atoms with van der Waals surface area (Å²) in [5.74, 6) is 2.46. The molecule has 1 amide bonds. The van der Waals surface area contributed by atoms with Crippen molar-refractivity contribution in [1.82, 2.24) is 0 Å². The summed E-state index contributed by atoms with van der Waals surface area (Å²) in [6, 6.07) is 6.96. The minimum Gasteiger partial charge on any atom is -0.321 e. The van der Waals surface area contributed by atoms with E-state index in [0.717, 1.165) is 16.6 Å². The fraction of sp³-hybridized carbons (Fsp3) is 0. The molecule has 4 N–H and O–H groups in total. The second-order valence-corrected chi connectivity index (χ2v) is 5.81. The Kier molecular flexibility index (Phi) is 4.92. The maximum Gasteiger partial charge on any atom is 0.255 e. The van der Waals surface area contributed by atoms with Gasteiger partial charge in [-0.2, -0.15) is 0 Å². The monoisotopic (exact) mass is 419 g/mol. The average molecular weight is 421 g/mol. The molecule has 0 aliphatic carbocycles. The first-order valence-corrected chi connectivity index (χ1v) is 7.23. The van der Waals surface area contributed by atoms with E-state index in [1.807, 2.05) is 5.43 Å². The molecule has 8 heteroatoms. The third-order valence-electron chi connectivity index (χ3n) is 2.63. The zero-order valence-electron chi connectivity index (χ0n) is 10.4. The zero-order valence-corrected chi connectivity index (χ0v) is 13.6. The van der Waals surface area contributed by atoms with Gasteiger partial charge in [-0.1, -0.05) is 15.9 Å². The molecule has 2 aromatic carbocycles. The van der Waals surface area contributed by atoms with Gasteiger partial charge in [-0.25, -0.2) is 8.78 Å². The van der Waals surface area contributed by atoms with Crippen LogP contribution in [0.5, 0.6) is 0 Å². The number of hydrogen-bond donors (Lipinski definition) is 3. The second kappa shape index (κ2) is 6.50. The van der Waals surface area contributed by atoms with Crippen LogP contribution in [-0.2, 0) is 0 Å². The van der Waals surface area contributed by atoms with Gasteiger partial charge < -0.3 is 10.7 Å². The molecule has 110 valence electrons. The van der Waals surface area contributed by atoms with Crippen molar-refractivity contribution in [1.29, 1.82) is 0 Å². The van der Waals surface area contributed by atoms with Crippen molar-refractivity contribution in [3.05, 3.63) is 56.5 Å². The normalized spacial score (nSPS) is 10.3. The molecule has 0 fully saturated rings. The van der Waals surface area contributed by atoms with E-state index in [2.05, 4.69) is 37.2 Å². The number of anilines is 2. The van der Waals surface area contributed by atoms with Gasteiger partial charge in [0.2, 0.25) is 0 Å². The largest absolute Gasteiger partial charge is 0.321 e. The number of hydrazine groups is 1. The lowest BCUT2D eigenvalue weighted by molar-refractivity contribution is 0.102. The predicted octanol–water partition coefficient (Wildman–Crippen LogP) is 4.03. The molecule has 0 spiro atoms. The first kappa shape index (κ1) is 15.9. The molecule has 0 heterocycles. The number of amides is 1. The van der Waals surface area contributed by atoms with E-state index >= 15 is 0 Å². The Morgan fingerprint density at radius 1 is 1.10 bits per heavy atom. The van der Waals surface area contributed by atoms with E-state index in [1.165, 1.54) is 0 Å². The molecule has 0 aliphatic rings. The van der Waals surface area contributed by atoms with Crippen molar-refractivity contribution in [2.24, 2.45) is 5.84 Å². The summed E-state index contributed by atoms with van der Waals surface area (Å²) in [6.07, 6.45) is 0. The smallest absolute Gasteiger partial charge is 0.255 e. The number of hydrogen-bond acceptors (Lipinski definition) is 3. The molecule has 0 bridgehead atoms. The molecular weight excluding hydrogens is 412 g/mol. The van der Waals surface area contributed by atoms with Crippen LogP contribution in [0.1, 0.15) is 10.4 Å². The lowest BCUT2D eigenvalue weighted by Crippen LogP contribution is -2.15. The molecule has 0 atom stereocenters. The van der Waals surface area contributed by atoms with Gasteiger partial charge in [0.25, 0.3) is 5.91 Å². The highest BCUT2D eigenvalue weighted by atomic mass is 79.9. The van der Waals surface area contributed by atoms with Crippen LogP contribution in [-0.4, -0.2) is 5.91 Å². The molecule has 4 nitrogen and oxygen atoms in total.